The predicted molar refractivity (Wildman–Crippen MR) is 277 cm³/mol. The minimum Gasteiger partial charge on any atom is -0.459 e. The molecule has 0 amide bonds. The van der Waals surface area contributed by atoms with Crippen LogP contribution in [0, 0.1) is 0 Å². The van der Waals surface area contributed by atoms with E-state index in [1.807, 2.05) is 212 Å². The summed E-state index contributed by atoms with van der Waals surface area (Å²) in [5.74, 6) is -0.652. The summed E-state index contributed by atoms with van der Waals surface area (Å²) >= 11 is 0. The Morgan fingerprint density at radius 1 is 0.338 bits per heavy atom. The van der Waals surface area contributed by atoms with Crippen LogP contribution in [0.15, 0.2) is 212 Å². The number of esters is 1. The van der Waals surface area contributed by atoms with Crippen molar-refractivity contribution >= 4 is 5.97 Å². The normalized spacial score (nSPS) is 23.7. The first-order valence-electron chi connectivity index (χ1n) is 25.2. The van der Waals surface area contributed by atoms with Crippen LogP contribution in [-0.4, -0.2) is 81.1 Å². The van der Waals surface area contributed by atoms with Crippen molar-refractivity contribution in [2.45, 2.75) is 108 Å². The number of rotatable bonds is 25. The van der Waals surface area contributed by atoms with E-state index in [9.17, 15) is 4.79 Å². The summed E-state index contributed by atoms with van der Waals surface area (Å²) in [6.07, 6.45) is -9.48. The van der Waals surface area contributed by atoms with Crippen LogP contribution in [0.1, 0.15) is 38.9 Å². The maximum atomic E-state index is 14.7. The summed E-state index contributed by atoms with van der Waals surface area (Å²) in [5, 5.41) is 0. The molecular formula is C62H64O12. The Kier molecular flexibility index (Phi) is 19.7. The van der Waals surface area contributed by atoms with Crippen molar-refractivity contribution in [3.8, 4) is 0 Å². The summed E-state index contributed by atoms with van der Waals surface area (Å²) in [5.41, 5.74) is 6.41. The van der Waals surface area contributed by atoms with E-state index in [2.05, 4.69) is 0 Å². The lowest BCUT2D eigenvalue weighted by Crippen LogP contribution is -2.64. The van der Waals surface area contributed by atoms with Crippen LogP contribution >= 0.6 is 0 Å². The molecule has 0 radical (unpaired) electrons. The maximum absolute atomic E-state index is 14.7. The number of methoxy groups -OCH3 is 1. The van der Waals surface area contributed by atoms with Crippen molar-refractivity contribution in [2.75, 3.05) is 13.7 Å². The predicted octanol–water partition coefficient (Wildman–Crippen LogP) is 10.4. The van der Waals surface area contributed by atoms with Gasteiger partial charge in [0.15, 0.2) is 18.7 Å². The highest BCUT2D eigenvalue weighted by molar-refractivity contribution is 5.76. The van der Waals surface area contributed by atoms with Gasteiger partial charge in [0.25, 0.3) is 0 Å². The van der Waals surface area contributed by atoms with Gasteiger partial charge in [0.05, 0.1) is 46.2 Å². The quantitative estimate of drug-likeness (QED) is 0.0507. The first kappa shape index (κ1) is 52.5. The van der Waals surface area contributed by atoms with Gasteiger partial charge in [-0.25, -0.2) is 4.79 Å². The number of ether oxygens (including phenoxy) is 11. The topological polar surface area (TPSA) is 119 Å². The lowest BCUT2D eigenvalue weighted by Gasteiger charge is -2.47. The SMILES string of the molecule is CO[C@H]1O[C@H](CO[C@@H]2O[C@H](C(=O)OCc3ccccc3)[C@@H](OCc3ccccc3)[C@@H](OCc3ccccc3)[C@H]2OCc2ccccc2)[C@@H](OCc2ccccc2)[C@H](OCc2ccccc2)[C@H]1OCc1ccccc1. The Hall–Kier alpha value is -6.39. The first-order chi connectivity index (χ1) is 36.6. The average molecular weight is 1000 g/mol. The number of carbonyl (C=O) groups is 1. The minimum atomic E-state index is -1.33. The molecule has 2 fully saturated rings. The summed E-state index contributed by atoms with van der Waals surface area (Å²) in [4.78, 5) is 14.7. The fourth-order valence-corrected chi connectivity index (χ4v) is 9.05. The zero-order chi connectivity index (χ0) is 50.6. The Bertz CT molecular complexity index is 2650. The van der Waals surface area contributed by atoms with Gasteiger partial charge < -0.3 is 52.1 Å². The molecule has 2 saturated heterocycles. The number of carbonyl (C=O) groups excluding carboxylic acids is 1. The molecule has 0 bridgehead atoms. The lowest BCUT2D eigenvalue weighted by molar-refractivity contribution is -0.347. The molecule has 7 aromatic carbocycles. The molecule has 0 aromatic heterocycles. The van der Waals surface area contributed by atoms with Crippen LogP contribution in [-0.2, 0) is 103 Å². The van der Waals surface area contributed by atoms with Gasteiger partial charge >= 0.3 is 5.97 Å². The summed E-state index contributed by atoms with van der Waals surface area (Å²) in [7, 11) is 1.58. The van der Waals surface area contributed by atoms with E-state index in [-0.39, 0.29) is 52.9 Å². The molecule has 2 aliphatic heterocycles. The Morgan fingerprint density at radius 3 is 1.00 bits per heavy atom. The third kappa shape index (κ3) is 14.9. The van der Waals surface area contributed by atoms with E-state index < -0.39 is 67.4 Å². The zero-order valence-electron chi connectivity index (χ0n) is 41.5. The maximum Gasteiger partial charge on any atom is 0.338 e. The molecule has 12 nitrogen and oxygen atoms in total. The molecule has 10 atom stereocenters. The van der Waals surface area contributed by atoms with Crippen molar-refractivity contribution in [3.05, 3.63) is 251 Å². The van der Waals surface area contributed by atoms with Crippen LogP contribution in [0.5, 0.6) is 0 Å². The molecule has 12 heteroatoms. The highest BCUT2D eigenvalue weighted by Crippen LogP contribution is 2.35. The molecule has 0 saturated carbocycles. The second-order valence-electron chi connectivity index (χ2n) is 18.2. The van der Waals surface area contributed by atoms with E-state index in [1.54, 1.807) is 7.11 Å². The molecule has 7 aromatic rings. The van der Waals surface area contributed by atoms with Crippen LogP contribution in [0.25, 0.3) is 0 Å². The highest BCUT2D eigenvalue weighted by atomic mass is 16.8. The average Bonchev–Trinajstić information content (AvgIpc) is 3.47. The Morgan fingerprint density at radius 2 is 0.635 bits per heavy atom. The molecular weight excluding hydrogens is 937 g/mol. The molecule has 2 aliphatic rings. The molecule has 9 rings (SSSR count). The molecule has 384 valence electrons. The Labute approximate surface area is 433 Å². The largest absolute Gasteiger partial charge is 0.459 e. The minimum absolute atomic E-state index is 0.00652. The van der Waals surface area contributed by atoms with Crippen LogP contribution in [0.3, 0.4) is 0 Å². The zero-order valence-corrected chi connectivity index (χ0v) is 41.5. The van der Waals surface area contributed by atoms with Crippen molar-refractivity contribution in [2.24, 2.45) is 0 Å². The number of hydrogen-bond donors (Lipinski definition) is 0. The van der Waals surface area contributed by atoms with Gasteiger partial charge in [0, 0.05) is 7.11 Å². The van der Waals surface area contributed by atoms with Crippen LogP contribution in [0.4, 0.5) is 0 Å². The van der Waals surface area contributed by atoms with Gasteiger partial charge in [-0.15, -0.1) is 0 Å². The van der Waals surface area contributed by atoms with E-state index >= 15 is 0 Å². The number of hydrogen-bond acceptors (Lipinski definition) is 12. The van der Waals surface area contributed by atoms with Crippen molar-refractivity contribution in [1.82, 2.24) is 0 Å². The molecule has 0 N–H and O–H groups in total. The molecule has 0 unspecified atom stereocenters. The van der Waals surface area contributed by atoms with Gasteiger partial charge in [0.1, 0.15) is 49.3 Å². The Balaban J connectivity index is 1.06. The van der Waals surface area contributed by atoms with Gasteiger partial charge in [-0.3, -0.25) is 0 Å². The van der Waals surface area contributed by atoms with Crippen molar-refractivity contribution in [1.29, 1.82) is 0 Å². The summed E-state index contributed by atoms with van der Waals surface area (Å²) in [6.45, 7) is 1.11. The monoisotopic (exact) mass is 1000 g/mol. The first-order valence-corrected chi connectivity index (χ1v) is 25.2. The van der Waals surface area contributed by atoms with Crippen molar-refractivity contribution in [3.63, 3.8) is 0 Å². The molecule has 0 aliphatic carbocycles. The van der Waals surface area contributed by atoms with Gasteiger partial charge in [-0.05, 0) is 38.9 Å². The van der Waals surface area contributed by atoms with Crippen LogP contribution < -0.4 is 0 Å². The highest BCUT2D eigenvalue weighted by Gasteiger charge is 2.54. The third-order valence-electron chi connectivity index (χ3n) is 12.9. The van der Waals surface area contributed by atoms with Crippen molar-refractivity contribution < 1.29 is 56.9 Å². The van der Waals surface area contributed by atoms with E-state index in [1.165, 1.54) is 0 Å². The van der Waals surface area contributed by atoms with E-state index in [0.717, 1.165) is 38.9 Å². The third-order valence-corrected chi connectivity index (χ3v) is 12.9. The van der Waals surface area contributed by atoms with E-state index in [0.29, 0.717) is 0 Å². The summed E-state index contributed by atoms with van der Waals surface area (Å²) < 4.78 is 73.9. The molecule has 0 spiro atoms. The van der Waals surface area contributed by atoms with Crippen LogP contribution in [0.2, 0.25) is 0 Å². The lowest BCUT2D eigenvalue weighted by atomic mass is 9.96. The molecule has 2 heterocycles. The second-order valence-corrected chi connectivity index (χ2v) is 18.2. The smallest absolute Gasteiger partial charge is 0.338 e. The standard InChI is InChI=1S/C62H64O12/c1-64-61-58(69-41-49-31-17-6-18-32-49)54(66-38-46-25-11-3-12-26-46)53(65-37-45-23-9-2-10-24-45)52(73-61)44-72-62-59(70-42-50-33-19-7-20-34-50)56(68-40-48-29-15-5-16-30-48)55(67-39-47-27-13-4-14-28-47)57(74-62)60(63)71-43-51-35-21-8-22-36-51/h2-36,52-59,61-62H,37-44H2,1H3/t52-,53-,54+,55+,56-,57+,58-,59-,61+,62-/m1/s1. The second kappa shape index (κ2) is 27.8. The number of benzene rings is 7. The van der Waals surface area contributed by atoms with Gasteiger partial charge in [-0.1, -0.05) is 212 Å². The summed E-state index contributed by atoms with van der Waals surface area (Å²) in [6, 6.07) is 68.6. The molecule has 74 heavy (non-hydrogen) atoms. The fraction of sp³-hybridized carbons (Fsp3) is 0.306. The van der Waals surface area contributed by atoms with Gasteiger partial charge in [-0.2, -0.15) is 0 Å². The van der Waals surface area contributed by atoms with E-state index in [4.69, 9.17) is 52.1 Å². The fourth-order valence-electron chi connectivity index (χ4n) is 9.05. The van der Waals surface area contributed by atoms with Gasteiger partial charge in [0.2, 0.25) is 0 Å².